The van der Waals surface area contributed by atoms with Crippen LogP contribution in [0.25, 0.3) is 0 Å². The van der Waals surface area contributed by atoms with Crippen molar-refractivity contribution in [1.82, 2.24) is 0 Å². The lowest BCUT2D eigenvalue weighted by Gasteiger charge is -2.33. The lowest BCUT2D eigenvalue weighted by Crippen LogP contribution is -2.34. The van der Waals surface area contributed by atoms with Gasteiger partial charge in [-0.1, -0.05) is 44.0 Å². The summed E-state index contributed by atoms with van der Waals surface area (Å²) in [5.41, 5.74) is 1.10. The molecule has 0 radical (unpaired) electrons. The van der Waals surface area contributed by atoms with Crippen LogP contribution in [0.1, 0.15) is 33.6 Å². The molecule has 0 amide bonds. The Morgan fingerprint density at radius 1 is 1.19 bits per heavy atom. The molecule has 16 heavy (non-hydrogen) atoms. The van der Waals surface area contributed by atoms with E-state index in [1.807, 2.05) is 0 Å². The molecular weight excluding hydrogens is 243 g/mol. The van der Waals surface area contributed by atoms with Gasteiger partial charge in [-0.05, 0) is 35.7 Å². The van der Waals surface area contributed by atoms with Gasteiger partial charge < -0.3 is 0 Å². The largest absolute Gasteiger partial charge is 0.299 e. The highest BCUT2D eigenvalue weighted by molar-refractivity contribution is 6.56. The van der Waals surface area contributed by atoms with E-state index in [1.165, 1.54) is 0 Å². The normalized spacial score (nSPS) is 43.4. The zero-order valence-corrected chi connectivity index (χ0v) is 11.5. The average Bonchev–Trinajstić information content (AvgIpc) is 2.46. The first kappa shape index (κ1) is 12.4. The van der Waals surface area contributed by atoms with Gasteiger partial charge in [-0.2, -0.15) is 0 Å². The predicted molar refractivity (Wildman–Crippen MR) is 67.4 cm³/mol. The van der Waals surface area contributed by atoms with Crippen LogP contribution < -0.4 is 0 Å². The van der Waals surface area contributed by atoms with Crippen molar-refractivity contribution in [2.75, 3.05) is 0 Å². The van der Waals surface area contributed by atoms with Gasteiger partial charge in [0.2, 0.25) is 0 Å². The number of hydrogen-bond donors (Lipinski definition) is 0. The van der Waals surface area contributed by atoms with E-state index in [1.54, 1.807) is 0 Å². The molecule has 2 fully saturated rings. The summed E-state index contributed by atoms with van der Waals surface area (Å²) in [5, 5.41) is 0. The highest BCUT2D eigenvalue weighted by Crippen LogP contribution is 2.54. The topological polar surface area (TPSA) is 17.1 Å². The summed E-state index contributed by atoms with van der Waals surface area (Å²) in [4.78, 5) is 12.0. The number of halogens is 2. The Balaban J connectivity index is 2.42. The maximum absolute atomic E-state index is 12.0. The van der Waals surface area contributed by atoms with Crippen LogP contribution >= 0.6 is 23.2 Å². The molecule has 0 spiro atoms. The number of allylic oxidation sites excluding steroid dienone is 1. The van der Waals surface area contributed by atoms with Crippen LogP contribution in [0.15, 0.2) is 10.1 Å². The molecule has 2 aliphatic rings. The van der Waals surface area contributed by atoms with Gasteiger partial charge in [-0.25, -0.2) is 0 Å². The molecule has 0 aliphatic heterocycles. The zero-order chi connectivity index (χ0) is 12.0. The van der Waals surface area contributed by atoms with E-state index in [2.05, 4.69) is 20.8 Å². The fourth-order valence-electron chi connectivity index (χ4n) is 3.87. The van der Waals surface area contributed by atoms with Gasteiger partial charge in [0, 0.05) is 12.3 Å². The van der Waals surface area contributed by atoms with Gasteiger partial charge in [0.05, 0.1) is 0 Å². The third-order valence-corrected chi connectivity index (χ3v) is 5.04. The Morgan fingerprint density at radius 2 is 1.81 bits per heavy atom. The highest BCUT2D eigenvalue weighted by atomic mass is 35.5. The van der Waals surface area contributed by atoms with E-state index in [9.17, 15) is 4.79 Å². The van der Waals surface area contributed by atoms with Gasteiger partial charge in [0.25, 0.3) is 0 Å². The molecule has 5 atom stereocenters. The zero-order valence-electron chi connectivity index (χ0n) is 9.97. The first-order chi connectivity index (χ1) is 7.45. The van der Waals surface area contributed by atoms with Crippen molar-refractivity contribution in [1.29, 1.82) is 0 Å². The smallest absolute Gasteiger partial charge is 0.136 e. The summed E-state index contributed by atoms with van der Waals surface area (Å²) in [5.74, 6) is 2.18. The van der Waals surface area contributed by atoms with Crippen molar-refractivity contribution in [3.63, 3.8) is 0 Å². The number of fused-ring (bicyclic) bond motifs is 1. The van der Waals surface area contributed by atoms with E-state index >= 15 is 0 Å². The standard InChI is InChI=1S/C13H18Cl2O/c1-6-4-5-9(16)12-8(3)11(13(14)15)7(2)10(6)12/h6-8,10,12H,4-5H2,1-3H3/t6?,7?,8?,10-,12-/m0/s1. The van der Waals surface area contributed by atoms with Crippen molar-refractivity contribution in [3.8, 4) is 0 Å². The molecule has 90 valence electrons. The molecule has 0 aromatic heterocycles. The van der Waals surface area contributed by atoms with Gasteiger partial charge in [-0.15, -0.1) is 0 Å². The van der Waals surface area contributed by atoms with Crippen molar-refractivity contribution < 1.29 is 4.79 Å². The van der Waals surface area contributed by atoms with Crippen molar-refractivity contribution >= 4 is 29.0 Å². The van der Waals surface area contributed by atoms with Crippen LogP contribution in [0.4, 0.5) is 0 Å². The molecular formula is C13H18Cl2O. The molecule has 0 aromatic rings. The van der Waals surface area contributed by atoms with E-state index in [4.69, 9.17) is 23.2 Å². The summed E-state index contributed by atoms with van der Waals surface area (Å²) < 4.78 is 0.384. The molecule has 2 aliphatic carbocycles. The Bertz CT molecular complexity index is 344. The van der Waals surface area contributed by atoms with Gasteiger partial charge in [0.1, 0.15) is 10.3 Å². The second kappa shape index (κ2) is 4.34. The maximum atomic E-state index is 12.0. The van der Waals surface area contributed by atoms with Crippen LogP contribution in [-0.2, 0) is 4.79 Å². The second-order valence-electron chi connectivity index (χ2n) is 5.38. The minimum Gasteiger partial charge on any atom is -0.299 e. The molecule has 0 bridgehead atoms. The molecule has 0 N–H and O–H groups in total. The number of carbonyl (C=O) groups is 1. The van der Waals surface area contributed by atoms with Crippen LogP contribution in [-0.4, -0.2) is 5.78 Å². The summed E-state index contributed by atoms with van der Waals surface area (Å²) in [6, 6.07) is 0. The number of rotatable bonds is 0. The van der Waals surface area contributed by atoms with Gasteiger partial charge >= 0.3 is 0 Å². The third-order valence-electron chi connectivity index (χ3n) is 4.60. The van der Waals surface area contributed by atoms with Crippen LogP contribution in [0.2, 0.25) is 0 Å². The van der Waals surface area contributed by atoms with E-state index in [0.717, 1.165) is 18.4 Å². The predicted octanol–water partition coefficient (Wildman–Crippen LogP) is 4.19. The quantitative estimate of drug-likeness (QED) is 0.639. The summed E-state index contributed by atoms with van der Waals surface area (Å²) >= 11 is 11.9. The number of carbonyl (C=O) groups excluding carboxylic acids is 1. The number of Topliss-reactive ketones (excluding diaryl/α,β-unsaturated/α-hetero) is 1. The molecule has 2 saturated carbocycles. The van der Waals surface area contributed by atoms with Crippen LogP contribution in [0.3, 0.4) is 0 Å². The summed E-state index contributed by atoms with van der Waals surface area (Å²) in [6.45, 7) is 6.51. The second-order valence-corrected chi connectivity index (χ2v) is 6.33. The third kappa shape index (κ3) is 1.73. The van der Waals surface area contributed by atoms with Gasteiger partial charge in [-0.3, -0.25) is 4.79 Å². The first-order valence-corrected chi connectivity index (χ1v) is 6.78. The van der Waals surface area contributed by atoms with Crippen LogP contribution in [0, 0.1) is 29.6 Å². The molecule has 1 nitrogen and oxygen atoms in total. The number of ketones is 1. The minimum absolute atomic E-state index is 0.154. The lowest BCUT2D eigenvalue weighted by atomic mass is 9.70. The molecule has 0 aromatic carbocycles. The van der Waals surface area contributed by atoms with Crippen LogP contribution in [0.5, 0.6) is 0 Å². The first-order valence-electron chi connectivity index (χ1n) is 6.03. The Morgan fingerprint density at radius 3 is 2.31 bits per heavy atom. The SMILES string of the molecule is CC1CCC(=O)[C@@H]2C(C)C(=C(Cl)Cl)C(C)[C@H]12. The lowest BCUT2D eigenvalue weighted by molar-refractivity contribution is -0.128. The van der Waals surface area contributed by atoms with Crippen molar-refractivity contribution in [3.05, 3.63) is 10.1 Å². The van der Waals surface area contributed by atoms with Gasteiger partial charge in [0.15, 0.2) is 0 Å². The van der Waals surface area contributed by atoms with Crippen molar-refractivity contribution in [2.45, 2.75) is 33.6 Å². The fourth-order valence-corrected chi connectivity index (χ4v) is 4.56. The Hall–Kier alpha value is -0.0100. The highest BCUT2D eigenvalue weighted by Gasteiger charge is 2.50. The summed E-state index contributed by atoms with van der Waals surface area (Å²) in [6.07, 6.45) is 1.75. The van der Waals surface area contributed by atoms with Crippen molar-refractivity contribution in [2.24, 2.45) is 29.6 Å². The van der Waals surface area contributed by atoms with E-state index in [0.29, 0.717) is 28.0 Å². The average molecular weight is 261 g/mol. The summed E-state index contributed by atoms with van der Waals surface area (Å²) in [7, 11) is 0. The monoisotopic (exact) mass is 260 g/mol. The fraction of sp³-hybridized carbons (Fsp3) is 0.769. The Kier molecular flexibility index (Phi) is 3.38. The minimum atomic E-state index is 0.154. The molecule has 0 saturated heterocycles. The van der Waals surface area contributed by atoms with E-state index < -0.39 is 0 Å². The maximum Gasteiger partial charge on any atom is 0.136 e. The van der Waals surface area contributed by atoms with E-state index in [-0.39, 0.29) is 11.8 Å². The Labute approximate surface area is 107 Å². The molecule has 2 rings (SSSR count). The molecule has 3 unspecified atom stereocenters. The molecule has 3 heteroatoms. The molecule has 0 heterocycles. The number of hydrogen-bond acceptors (Lipinski definition) is 1.